The Kier molecular flexibility index (Phi) is 4.50. The second-order valence-corrected chi connectivity index (χ2v) is 6.84. The van der Waals surface area contributed by atoms with Crippen molar-refractivity contribution >= 4 is 27.0 Å². The van der Waals surface area contributed by atoms with Gasteiger partial charge in [0.1, 0.15) is 17.7 Å². The van der Waals surface area contributed by atoms with E-state index in [1.54, 1.807) is 6.07 Å². The third kappa shape index (κ3) is 3.55. The van der Waals surface area contributed by atoms with Gasteiger partial charge in [-0.1, -0.05) is 33.2 Å². The second kappa shape index (κ2) is 6.86. The van der Waals surface area contributed by atoms with E-state index in [9.17, 15) is 18.0 Å². The number of rotatable bonds is 3. The molecule has 4 aromatic rings. The predicted molar refractivity (Wildman–Crippen MR) is 97.5 cm³/mol. The molecular formula is C18H10BrF3N4O2. The molecule has 0 atom stereocenters. The number of alkyl halides is 3. The zero-order valence-corrected chi connectivity index (χ0v) is 15.5. The topological polar surface area (TPSA) is 73.8 Å². The Morgan fingerprint density at radius 2 is 1.86 bits per heavy atom. The minimum Gasteiger partial charge on any atom is -0.359 e. The molecule has 0 spiro atoms. The third-order valence-electron chi connectivity index (χ3n) is 4.00. The van der Waals surface area contributed by atoms with E-state index in [1.165, 1.54) is 4.57 Å². The molecule has 0 aliphatic carbocycles. The highest BCUT2D eigenvalue weighted by Crippen LogP contribution is 2.28. The lowest BCUT2D eigenvalue weighted by molar-refractivity contribution is -0.141. The number of pyridine rings is 1. The van der Waals surface area contributed by atoms with E-state index >= 15 is 0 Å². The number of fused-ring (bicyclic) bond motifs is 1. The highest BCUT2D eigenvalue weighted by atomic mass is 79.9. The van der Waals surface area contributed by atoms with Crippen LogP contribution in [0.3, 0.4) is 0 Å². The van der Waals surface area contributed by atoms with Crippen LogP contribution in [0.1, 0.15) is 11.5 Å². The average Bonchev–Trinajstić information content (AvgIpc) is 3.12. The van der Waals surface area contributed by atoms with E-state index < -0.39 is 17.4 Å². The summed E-state index contributed by atoms with van der Waals surface area (Å²) >= 11 is 3.35. The van der Waals surface area contributed by atoms with Crippen LogP contribution in [0.2, 0.25) is 0 Å². The molecule has 0 amide bonds. The summed E-state index contributed by atoms with van der Waals surface area (Å²) in [4.78, 5) is 19.8. The van der Waals surface area contributed by atoms with Crippen LogP contribution in [0.15, 0.2) is 62.6 Å². The average molecular weight is 451 g/mol. The quantitative estimate of drug-likeness (QED) is 0.465. The molecule has 0 unspecified atom stereocenters. The highest BCUT2D eigenvalue weighted by molar-refractivity contribution is 9.10. The normalized spacial score (nSPS) is 11.9. The highest BCUT2D eigenvalue weighted by Gasteiger charge is 2.32. The number of aromatic nitrogens is 4. The molecule has 4 rings (SSSR count). The minimum atomic E-state index is -4.60. The smallest absolute Gasteiger partial charge is 0.359 e. The monoisotopic (exact) mass is 450 g/mol. The first kappa shape index (κ1) is 18.4. The molecule has 6 nitrogen and oxygen atoms in total. The van der Waals surface area contributed by atoms with Gasteiger partial charge in [0, 0.05) is 16.1 Å². The van der Waals surface area contributed by atoms with Crippen LogP contribution in [-0.2, 0) is 12.7 Å². The van der Waals surface area contributed by atoms with Crippen LogP contribution in [0.25, 0.3) is 22.3 Å². The van der Waals surface area contributed by atoms with Crippen LogP contribution >= 0.6 is 15.9 Å². The zero-order chi connectivity index (χ0) is 19.9. The maximum atomic E-state index is 12.8. The molecule has 10 heteroatoms. The molecule has 0 aliphatic heterocycles. The molecule has 0 fully saturated rings. The zero-order valence-electron chi connectivity index (χ0n) is 13.9. The van der Waals surface area contributed by atoms with Crippen molar-refractivity contribution in [1.82, 2.24) is 19.7 Å². The Bertz CT molecular complexity index is 1220. The van der Waals surface area contributed by atoms with Crippen molar-refractivity contribution in [2.24, 2.45) is 0 Å². The van der Waals surface area contributed by atoms with E-state index in [0.29, 0.717) is 11.5 Å². The van der Waals surface area contributed by atoms with E-state index in [4.69, 9.17) is 4.52 Å². The van der Waals surface area contributed by atoms with E-state index in [0.717, 1.165) is 28.5 Å². The maximum Gasteiger partial charge on any atom is 0.433 e. The van der Waals surface area contributed by atoms with Crippen molar-refractivity contribution in [3.63, 3.8) is 0 Å². The first-order valence-electron chi connectivity index (χ1n) is 7.96. The molecule has 142 valence electrons. The molecular weight excluding hydrogens is 441 g/mol. The summed E-state index contributed by atoms with van der Waals surface area (Å²) in [5.74, 6) is 0.404. The van der Waals surface area contributed by atoms with Gasteiger partial charge in [-0.15, -0.1) is 0 Å². The number of hydrogen-bond acceptors (Lipinski definition) is 5. The van der Waals surface area contributed by atoms with Crippen molar-refractivity contribution in [2.75, 3.05) is 0 Å². The number of halogens is 4. The van der Waals surface area contributed by atoms with Gasteiger partial charge in [0.05, 0.1) is 11.9 Å². The number of nitrogens with zero attached hydrogens (tertiary/aromatic N) is 4. The van der Waals surface area contributed by atoms with Crippen LogP contribution in [0.5, 0.6) is 0 Å². The van der Waals surface area contributed by atoms with Gasteiger partial charge >= 0.3 is 6.18 Å². The summed E-state index contributed by atoms with van der Waals surface area (Å²) in [5.41, 5.74) is -0.442. The Morgan fingerprint density at radius 3 is 2.57 bits per heavy atom. The third-order valence-corrected chi connectivity index (χ3v) is 4.53. The number of hydrogen-bond donors (Lipinski definition) is 0. The SMILES string of the molecule is O=c1c2ccc(C(F)(F)F)nc2ncn1Cc1cc(-c2ccc(Br)cc2)no1. The Balaban J connectivity index is 1.64. The lowest BCUT2D eigenvalue weighted by atomic mass is 10.1. The molecule has 28 heavy (non-hydrogen) atoms. The van der Waals surface area contributed by atoms with Crippen LogP contribution in [0, 0.1) is 0 Å². The number of benzene rings is 1. The fourth-order valence-corrected chi connectivity index (χ4v) is 2.89. The molecule has 3 heterocycles. The summed E-state index contributed by atoms with van der Waals surface area (Å²) < 4.78 is 45.7. The van der Waals surface area contributed by atoms with Crippen molar-refractivity contribution in [3.05, 3.63) is 75.1 Å². The summed E-state index contributed by atoms with van der Waals surface area (Å²) in [7, 11) is 0. The standard InChI is InChI=1S/C18H10BrF3N4O2/c19-11-3-1-10(2-4-11)14-7-12(28-25-14)8-26-9-23-16-13(17(26)27)5-6-15(24-16)18(20,21)22/h1-7,9H,8H2. The van der Waals surface area contributed by atoms with Gasteiger partial charge in [-0.3, -0.25) is 9.36 Å². The van der Waals surface area contributed by atoms with Crippen molar-refractivity contribution in [3.8, 4) is 11.3 Å². The Morgan fingerprint density at radius 1 is 1.11 bits per heavy atom. The van der Waals surface area contributed by atoms with Crippen molar-refractivity contribution in [2.45, 2.75) is 12.7 Å². The van der Waals surface area contributed by atoms with Gasteiger partial charge in [0.15, 0.2) is 11.4 Å². The lowest BCUT2D eigenvalue weighted by Crippen LogP contribution is -2.22. The molecule has 0 N–H and O–H groups in total. The Labute approximate surface area is 163 Å². The van der Waals surface area contributed by atoms with Gasteiger partial charge in [-0.2, -0.15) is 13.2 Å². The van der Waals surface area contributed by atoms with E-state index in [1.807, 2.05) is 24.3 Å². The molecule has 0 saturated heterocycles. The fourth-order valence-electron chi connectivity index (χ4n) is 2.63. The van der Waals surface area contributed by atoms with Gasteiger partial charge in [-0.05, 0) is 24.3 Å². The summed E-state index contributed by atoms with van der Waals surface area (Å²) in [6.45, 7) is 0.0341. The largest absolute Gasteiger partial charge is 0.433 e. The molecule has 0 saturated carbocycles. The molecule has 1 aromatic carbocycles. The van der Waals surface area contributed by atoms with Crippen molar-refractivity contribution < 1.29 is 17.7 Å². The molecule has 3 aromatic heterocycles. The predicted octanol–water partition coefficient (Wildman–Crippen LogP) is 4.28. The maximum absolute atomic E-state index is 12.8. The fraction of sp³-hybridized carbons (Fsp3) is 0.111. The van der Waals surface area contributed by atoms with Crippen molar-refractivity contribution in [1.29, 1.82) is 0 Å². The van der Waals surface area contributed by atoms with E-state index in [-0.39, 0.29) is 17.6 Å². The van der Waals surface area contributed by atoms with Gasteiger partial charge in [0.25, 0.3) is 5.56 Å². The molecule has 0 bridgehead atoms. The van der Waals surface area contributed by atoms with Crippen LogP contribution < -0.4 is 5.56 Å². The van der Waals surface area contributed by atoms with E-state index in [2.05, 4.69) is 31.1 Å². The van der Waals surface area contributed by atoms with Gasteiger partial charge < -0.3 is 4.52 Å². The first-order valence-corrected chi connectivity index (χ1v) is 8.75. The molecule has 0 aliphatic rings. The van der Waals surface area contributed by atoms with Gasteiger partial charge in [0.2, 0.25) is 0 Å². The summed E-state index contributed by atoms with van der Waals surface area (Å²) in [6.07, 6.45) is -3.46. The summed E-state index contributed by atoms with van der Waals surface area (Å²) in [6, 6.07) is 11.0. The Hall–Kier alpha value is -3.01. The van der Waals surface area contributed by atoms with Gasteiger partial charge in [-0.25, -0.2) is 9.97 Å². The first-order chi connectivity index (χ1) is 13.3. The summed E-state index contributed by atoms with van der Waals surface area (Å²) in [5, 5.41) is 3.97. The second-order valence-electron chi connectivity index (χ2n) is 5.93. The van der Waals surface area contributed by atoms with Crippen LogP contribution in [-0.4, -0.2) is 19.7 Å². The van der Waals surface area contributed by atoms with Crippen LogP contribution in [0.4, 0.5) is 13.2 Å². The molecule has 0 radical (unpaired) electrons. The minimum absolute atomic E-state index is 0.0110. The lowest BCUT2D eigenvalue weighted by Gasteiger charge is -2.07.